The predicted octanol–water partition coefficient (Wildman–Crippen LogP) is 3.84. The first-order valence-electron chi connectivity index (χ1n) is 10.7. The first kappa shape index (κ1) is 23.9. The fourth-order valence-electron chi connectivity index (χ4n) is 3.55. The van der Waals surface area contributed by atoms with E-state index in [1.165, 1.54) is 10.4 Å². The van der Waals surface area contributed by atoms with Crippen LogP contribution in [0, 0.1) is 5.82 Å². The van der Waals surface area contributed by atoms with Crippen molar-refractivity contribution in [3.05, 3.63) is 59.4 Å². The number of halogens is 1. The van der Waals surface area contributed by atoms with Gasteiger partial charge in [0.25, 0.3) is 5.91 Å². The average molecular weight is 462 g/mol. The minimum atomic E-state index is -4.00. The van der Waals surface area contributed by atoms with Crippen LogP contribution in [-0.2, 0) is 14.8 Å². The van der Waals surface area contributed by atoms with Crippen LogP contribution in [-0.4, -0.2) is 37.6 Å². The van der Waals surface area contributed by atoms with Crippen LogP contribution in [0.4, 0.5) is 10.1 Å². The summed E-state index contributed by atoms with van der Waals surface area (Å²) in [6.07, 6.45) is 2.79. The number of rotatable bonds is 7. The summed E-state index contributed by atoms with van der Waals surface area (Å²) in [5, 5.41) is 5.56. The molecule has 9 heteroatoms. The Labute approximate surface area is 188 Å². The van der Waals surface area contributed by atoms with E-state index in [9.17, 15) is 22.4 Å². The van der Waals surface area contributed by atoms with Gasteiger partial charge in [-0.25, -0.2) is 12.8 Å². The molecule has 0 aromatic heterocycles. The topological polar surface area (TPSA) is 95.6 Å². The van der Waals surface area contributed by atoms with Crippen LogP contribution in [0.2, 0.25) is 0 Å². The number of carbonyl (C=O) groups excluding carboxylic acids is 2. The summed E-state index contributed by atoms with van der Waals surface area (Å²) in [5.41, 5.74) is 1.53. The third-order valence-corrected chi connectivity index (χ3v) is 7.40. The first-order valence-corrected chi connectivity index (χ1v) is 12.2. The standard InChI is InChI=1S/C23H28FN3O4S/c1-3-22(28)26-19-10-7-17(8-11-19)16(2)25-23(29)18-9-12-20(24)21(15-18)32(30,31)27-13-5-4-6-14-27/h7-12,15-16H,3-6,13-14H2,1-2H3,(H,25,29)(H,26,28). The third kappa shape index (κ3) is 5.52. The van der Waals surface area contributed by atoms with Gasteiger partial charge in [0.2, 0.25) is 15.9 Å². The van der Waals surface area contributed by atoms with Crippen LogP contribution in [0.1, 0.15) is 61.5 Å². The molecule has 2 aromatic rings. The van der Waals surface area contributed by atoms with E-state index in [-0.39, 0.29) is 17.5 Å². The Bertz CT molecular complexity index is 1080. The maximum Gasteiger partial charge on any atom is 0.251 e. The van der Waals surface area contributed by atoms with Gasteiger partial charge in [0.05, 0.1) is 6.04 Å². The molecular weight excluding hydrogens is 433 g/mol. The monoisotopic (exact) mass is 461 g/mol. The Morgan fingerprint density at radius 1 is 1.06 bits per heavy atom. The maximum atomic E-state index is 14.4. The molecule has 2 N–H and O–H groups in total. The summed E-state index contributed by atoms with van der Waals surface area (Å²) in [6, 6.07) is 10.1. The van der Waals surface area contributed by atoms with E-state index >= 15 is 0 Å². The molecule has 0 saturated carbocycles. The van der Waals surface area contributed by atoms with Crippen molar-refractivity contribution >= 4 is 27.5 Å². The van der Waals surface area contributed by atoms with E-state index in [0.717, 1.165) is 37.0 Å². The van der Waals surface area contributed by atoms with E-state index in [1.807, 2.05) is 0 Å². The average Bonchev–Trinajstić information content (AvgIpc) is 2.80. The molecule has 1 heterocycles. The normalized spacial score (nSPS) is 15.7. The molecule has 1 atom stereocenters. The number of sulfonamides is 1. The second kappa shape index (κ2) is 10.2. The molecule has 0 spiro atoms. The SMILES string of the molecule is CCC(=O)Nc1ccc(C(C)NC(=O)c2ccc(F)c(S(=O)(=O)N3CCCCC3)c2)cc1. The van der Waals surface area contributed by atoms with Crippen molar-refractivity contribution in [2.45, 2.75) is 50.5 Å². The number of nitrogens with zero attached hydrogens (tertiary/aromatic N) is 1. The van der Waals surface area contributed by atoms with Crippen molar-refractivity contribution < 1.29 is 22.4 Å². The second-order valence-corrected chi connectivity index (χ2v) is 9.74. The first-order chi connectivity index (χ1) is 15.2. The van der Waals surface area contributed by atoms with Crippen LogP contribution >= 0.6 is 0 Å². The lowest BCUT2D eigenvalue weighted by atomic mass is 10.1. The van der Waals surface area contributed by atoms with Crippen molar-refractivity contribution in [1.82, 2.24) is 9.62 Å². The van der Waals surface area contributed by atoms with Gasteiger partial charge in [0.15, 0.2) is 0 Å². The van der Waals surface area contributed by atoms with Gasteiger partial charge in [-0.05, 0) is 55.7 Å². The highest BCUT2D eigenvalue weighted by Crippen LogP contribution is 2.24. The Morgan fingerprint density at radius 2 is 1.72 bits per heavy atom. The molecule has 1 saturated heterocycles. The summed E-state index contributed by atoms with van der Waals surface area (Å²) in [4.78, 5) is 23.8. The number of hydrogen-bond acceptors (Lipinski definition) is 4. The summed E-state index contributed by atoms with van der Waals surface area (Å²) >= 11 is 0. The molecule has 1 fully saturated rings. The van der Waals surface area contributed by atoms with E-state index in [0.29, 0.717) is 25.2 Å². The van der Waals surface area contributed by atoms with Crippen molar-refractivity contribution in [3.63, 3.8) is 0 Å². The highest BCUT2D eigenvalue weighted by atomic mass is 32.2. The minimum Gasteiger partial charge on any atom is -0.346 e. The van der Waals surface area contributed by atoms with Gasteiger partial charge in [-0.2, -0.15) is 4.31 Å². The fourth-order valence-corrected chi connectivity index (χ4v) is 5.16. The molecule has 1 aliphatic heterocycles. The van der Waals surface area contributed by atoms with Crippen LogP contribution < -0.4 is 10.6 Å². The summed E-state index contributed by atoms with van der Waals surface area (Å²) < 4.78 is 41.4. The molecule has 7 nitrogen and oxygen atoms in total. The molecule has 2 amide bonds. The van der Waals surface area contributed by atoms with E-state index in [1.54, 1.807) is 38.1 Å². The second-order valence-electron chi connectivity index (χ2n) is 7.83. The molecule has 32 heavy (non-hydrogen) atoms. The zero-order chi connectivity index (χ0) is 23.3. The van der Waals surface area contributed by atoms with Gasteiger partial charge in [0, 0.05) is 30.8 Å². The number of nitrogens with one attached hydrogen (secondary N) is 2. The Balaban J connectivity index is 1.74. The van der Waals surface area contributed by atoms with E-state index in [4.69, 9.17) is 0 Å². The molecule has 2 aromatic carbocycles. The number of benzene rings is 2. The predicted molar refractivity (Wildman–Crippen MR) is 120 cm³/mol. The summed E-state index contributed by atoms with van der Waals surface area (Å²) in [5.74, 6) is -1.47. The lowest BCUT2D eigenvalue weighted by Gasteiger charge is -2.26. The van der Waals surface area contributed by atoms with Gasteiger partial charge in [0.1, 0.15) is 10.7 Å². The minimum absolute atomic E-state index is 0.0701. The molecule has 0 aliphatic carbocycles. The van der Waals surface area contributed by atoms with Crippen molar-refractivity contribution in [3.8, 4) is 0 Å². The van der Waals surface area contributed by atoms with Crippen molar-refractivity contribution in [2.24, 2.45) is 0 Å². The third-order valence-electron chi connectivity index (χ3n) is 5.49. The molecule has 0 bridgehead atoms. The number of carbonyl (C=O) groups is 2. The molecule has 172 valence electrons. The highest BCUT2D eigenvalue weighted by Gasteiger charge is 2.29. The van der Waals surface area contributed by atoms with Crippen LogP contribution in [0.3, 0.4) is 0 Å². The van der Waals surface area contributed by atoms with Crippen molar-refractivity contribution in [1.29, 1.82) is 0 Å². The van der Waals surface area contributed by atoms with Gasteiger partial charge >= 0.3 is 0 Å². The molecule has 3 rings (SSSR count). The zero-order valence-corrected chi connectivity index (χ0v) is 19.0. The fraction of sp³-hybridized carbons (Fsp3) is 0.391. The lowest BCUT2D eigenvalue weighted by molar-refractivity contribution is -0.115. The lowest BCUT2D eigenvalue weighted by Crippen LogP contribution is -2.36. The Hall–Kier alpha value is -2.78. The largest absolute Gasteiger partial charge is 0.346 e. The quantitative estimate of drug-likeness (QED) is 0.655. The number of hydrogen-bond donors (Lipinski definition) is 2. The summed E-state index contributed by atoms with van der Waals surface area (Å²) in [7, 11) is -4.00. The maximum absolute atomic E-state index is 14.4. The van der Waals surface area contributed by atoms with Gasteiger partial charge in [-0.15, -0.1) is 0 Å². The van der Waals surface area contributed by atoms with Gasteiger partial charge < -0.3 is 10.6 Å². The van der Waals surface area contributed by atoms with Crippen LogP contribution in [0.25, 0.3) is 0 Å². The molecule has 1 unspecified atom stereocenters. The van der Waals surface area contributed by atoms with Crippen LogP contribution in [0.5, 0.6) is 0 Å². The molecular formula is C23H28FN3O4S. The highest BCUT2D eigenvalue weighted by molar-refractivity contribution is 7.89. The van der Waals surface area contributed by atoms with E-state index < -0.39 is 26.6 Å². The number of piperidine rings is 1. The summed E-state index contributed by atoms with van der Waals surface area (Å²) in [6.45, 7) is 4.25. The van der Waals surface area contributed by atoms with Crippen molar-refractivity contribution in [2.75, 3.05) is 18.4 Å². The number of anilines is 1. The van der Waals surface area contributed by atoms with Gasteiger partial charge in [-0.3, -0.25) is 9.59 Å². The van der Waals surface area contributed by atoms with Crippen LogP contribution in [0.15, 0.2) is 47.4 Å². The Kier molecular flexibility index (Phi) is 7.63. The number of amides is 2. The molecule has 0 radical (unpaired) electrons. The zero-order valence-electron chi connectivity index (χ0n) is 18.2. The molecule has 1 aliphatic rings. The smallest absolute Gasteiger partial charge is 0.251 e. The van der Waals surface area contributed by atoms with Gasteiger partial charge in [-0.1, -0.05) is 25.5 Å². The Morgan fingerprint density at radius 3 is 2.34 bits per heavy atom. The van der Waals surface area contributed by atoms with E-state index in [2.05, 4.69) is 10.6 Å².